The Morgan fingerprint density at radius 2 is 1.81 bits per heavy atom. The van der Waals surface area contributed by atoms with Crippen LogP contribution in [0.1, 0.15) is 12.8 Å². The average Bonchev–Trinajstić information content (AvgIpc) is 3.03. The average molecular weight is 447 g/mol. The van der Waals surface area contributed by atoms with Crippen LogP contribution in [0, 0.1) is 0 Å². The Balaban J connectivity index is 1.44. The van der Waals surface area contributed by atoms with Gasteiger partial charge in [0.15, 0.2) is 11.5 Å². The van der Waals surface area contributed by atoms with Crippen LogP contribution in [0.4, 0.5) is 5.69 Å². The molecule has 0 fully saturated rings. The second-order valence-electron chi connectivity index (χ2n) is 6.92. The Hall–Kier alpha value is -2.58. The number of nitrogens with zero attached hydrogens (tertiary/aromatic N) is 1. The van der Waals surface area contributed by atoms with E-state index in [-0.39, 0.29) is 5.91 Å². The van der Waals surface area contributed by atoms with E-state index in [1.54, 1.807) is 33.5 Å². The normalized spacial score (nSPS) is 13.2. The van der Waals surface area contributed by atoms with E-state index in [4.69, 9.17) is 18.9 Å². The van der Waals surface area contributed by atoms with Gasteiger partial charge in [0.1, 0.15) is 12.4 Å². The third-order valence-electron chi connectivity index (χ3n) is 4.94. The van der Waals surface area contributed by atoms with Crippen molar-refractivity contribution in [1.82, 2.24) is 5.32 Å². The number of fused-ring (bicyclic) bond motifs is 1. The van der Waals surface area contributed by atoms with Gasteiger partial charge >= 0.3 is 0 Å². The monoisotopic (exact) mass is 446 g/mol. The number of nitrogens with one attached hydrogen (secondary N) is 1. The van der Waals surface area contributed by atoms with Crippen molar-refractivity contribution in [3.63, 3.8) is 0 Å². The first-order valence-electron chi connectivity index (χ1n) is 10.3. The second kappa shape index (κ2) is 11.7. The van der Waals surface area contributed by atoms with Gasteiger partial charge in [-0.2, -0.15) is 0 Å². The molecule has 0 aromatic heterocycles. The molecule has 2 aromatic carbocycles. The minimum absolute atomic E-state index is 0.146. The van der Waals surface area contributed by atoms with Crippen LogP contribution in [0.5, 0.6) is 23.0 Å². The van der Waals surface area contributed by atoms with Crippen molar-refractivity contribution in [2.45, 2.75) is 17.7 Å². The molecule has 7 nitrogen and oxygen atoms in total. The summed E-state index contributed by atoms with van der Waals surface area (Å²) in [6.07, 6.45) is 1.45. The zero-order valence-corrected chi connectivity index (χ0v) is 19.1. The number of para-hydroxylation sites is 1. The summed E-state index contributed by atoms with van der Waals surface area (Å²) in [5.41, 5.74) is 1.03. The van der Waals surface area contributed by atoms with E-state index in [9.17, 15) is 4.79 Å². The molecule has 0 aliphatic carbocycles. The lowest BCUT2D eigenvalue weighted by Gasteiger charge is -2.22. The lowest BCUT2D eigenvalue weighted by atomic mass is 10.2. The number of thioether (sulfide) groups is 1. The Labute approximate surface area is 188 Å². The van der Waals surface area contributed by atoms with Gasteiger partial charge in [0, 0.05) is 43.1 Å². The van der Waals surface area contributed by atoms with E-state index in [2.05, 4.69) is 11.4 Å². The molecule has 1 heterocycles. The SMILES string of the molecule is COc1cc(OCCNCCC(=O)N2CCCSc3ccccc32)cc(OC)c1OC. The van der Waals surface area contributed by atoms with E-state index in [1.165, 1.54) is 4.90 Å². The highest BCUT2D eigenvalue weighted by molar-refractivity contribution is 7.99. The maximum absolute atomic E-state index is 12.8. The van der Waals surface area contributed by atoms with Crippen LogP contribution < -0.4 is 29.2 Å². The molecule has 1 aliphatic rings. The molecule has 1 amide bonds. The molecule has 1 N–H and O–H groups in total. The zero-order chi connectivity index (χ0) is 22.1. The molecule has 0 saturated heterocycles. The molecule has 2 aromatic rings. The first-order valence-corrected chi connectivity index (χ1v) is 11.3. The highest BCUT2D eigenvalue weighted by Crippen LogP contribution is 2.40. The van der Waals surface area contributed by atoms with E-state index in [1.807, 2.05) is 34.9 Å². The van der Waals surface area contributed by atoms with Crippen LogP contribution in [0.3, 0.4) is 0 Å². The predicted molar refractivity (Wildman–Crippen MR) is 123 cm³/mol. The smallest absolute Gasteiger partial charge is 0.228 e. The highest BCUT2D eigenvalue weighted by Gasteiger charge is 2.20. The maximum atomic E-state index is 12.8. The minimum atomic E-state index is 0.146. The molecule has 0 saturated carbocycles. The fourth-order valence-electron chi connectivity index (χ4n) is 3.42. The van der Waals surface area contributed by atoms with Crippen molar-refractivity contribution in [2.24, 2.45) is 0 Å². The molecule has 1 aliphatic heterocycles. The largest absolute Gasteiger partial charge is 0.493 e. The number of methoxy groups -OCH3 is 3. The molecule has 0 atom stereocenters. The van der Waals surface area contributed by atoms with Crippen molar-refractivity contribution >= 4 is 23.4 Å². The summed E-state index contributed by atoms with van der Waals surface area (Å²) < 4.78 is 21.8. The third-order valence-corrected chi connectivity index (χ3v) is 6.09. The predicted octanol–water partition coefficient (Wildman–Crippen LogP) is 3.60. The standard InChI is InChI=1S/C23H30N2O5S/c1-27-19-15-17(16-20(28-2)23(19)29-3)30-13-11-24-10-9-22(26)25-12-6-14-31-21-8-5-4-7-18(21)25/h4-5,7-8,15-16,24H,6,9-14H2,1-3H3. The number of amides is 1. The van der Waals surface area contributed by atoms with Crippen molar-refractivity contribution in [3.8, 4) is 23.0 Å². The number of hydrogen-bond acceptors (Lipinski definition) is 7. The minimum Gasteiger partial charge on any atom is -0.493 e. The van der Waals surface area contributed by atoms with Crippen molar-refractivity contribution in [2.75, 3.05) is 58.2 Å². The Bertz CT molecular complexity index is 852. The summed E-state index contributed by atoms with van der Waals surface area (Å²) in [5.74, 6) is 3.44. The van der Waals surface area contributed by atoms with Crippen LogP contribution in [0.2, 0.25) is 0 Å². The summed E-state index contributed by atoms with van der Waals surface area (Å²) >= 11 is 1.82. The molecule has 0 radical (unpaired) electrons. The van der Waals surface area contributed by atoms with Gasteiger partial charge in [-0.1, -0.05) is 12.1 Å². The first kappa shape index (κ1) is 23.1. The van der Waals surface area contributed by atoms with Crippen molar-refractivity contribution < 1.29 is 23.7 Å². The Morgan fingerprint density at radius 1 is 1.06 bits per heavy atom. The number of rotatable bonds is 10. The van der Waals surface area contributed by atoms with Crippen LogP contribution >= 0.6 is 11.8 Å². The molecule has 3 rings (SSSR count). The lowest BCUT2D eigenvalue weighted by molar-refractivity contribution is -0.118. The summed E-state index contributed by atoms with van der Waals surface area (Å²) in [7, 11) is 4.71. The van der Waals surface area contributed by atoms with Gasteiger partial charge in [0.25, 0.3) is 0 Å². The topological polar surface area (TPSA) is 69.3 Å². The van der Waals surface area contributed by atoms with Gasteiger partial charge in [0.05, 0.1) is 27.0 Å². The Morgan fingerprint density at radius 3 is 2.52 bits per heavy atom. The van der Waals surface area contributed by atoms with Gasteiger partial charge in [-0.3, -0.25) is 4.79 Å². The molecule has 0 unspecified atom stereocenters. The van der Waals surface area contributed by atoms with Crippen LogP contribution in [0.25, 0.3) is 0 Å². The van der Waals surface area contributed by atoms with Crippen LogP contribution in [-0.2, 0) is 4.79 Å². The van der Waals surface area contributed by atoms with Gasteiger partial charge in [0.2, 0.25) is 11.7 Å². The quantitative estimate of drug-likeness (QED) is 0.559. The number of carbonyl (C=O) groups excluding carboxylic acids is 1. The molecule has 31 heavy (non-hydrogen) atoms. The molecule has 0 spiro atoms. The van der Waals surface area contributed by atoms with E-state index in [0.29, 0.717) is 49.1 Å². The third kappa shape index (κ3) is 5.98. The van der Waals surface area contributed by atoms with Crippen LogP contribution in [0.15, 0.2) is 41.3 Å². The van der Waals surface area contributed by atoms with E-state index in [0.717, 1.165) is 24.4 Å². The maximum Gasteiger partial charge on any atom is 0.228 e. The molecular formula is C23H30N2O5S. The first-order chi connectivity index (χ1) is 15.2. The summed E-state index contributed by atoms with van der Waals surface area (Å²) in [6, 6.07) is 11.7. The number of benzene rings is 2. The molecule has 0 bridgehead atoms. The van der Waals surface area contributed by atoms with E-state index < -0.39 is 0 Å². The zero-order valence-electron chi connectivity index (χ0n) is 18.3. The highest BCUT2D eigenvalue weighted by atomic mass is 32.2. The van der Waals surface area contributed by atoms with Crippen LogP contribution in [-0.4, -0.2) is 59.2 Å². The lowest BCUT2D eigenvalue weighted by Crippen LogP contribution is -2.34. The van der Waals surface area contributed by atoms with Crippen molar-refractivity contribution in [1.29, 1.82) is 0 Å². The number of carbonyl (C=O) groups is 1. The summed E-state index contributed by atoms with van der Waals surface area (Å²) in [6.45, 7) is 2.45. The van der Waals surface area contributed by atoms with Gasteiger partial charge in [-0.05, 0) is 24.3 Å². The van der Waals surface area contributed by atoms with Gasteiger partial charge in [-0.25, -0.2) is 0 Å². The fraction of sp³-hybridized carbons (Fsp3) is 0.435. The summed E-state index contributed by atoms with van der Waals surface area (Å²) in [5, 5.41) is 3.28. The van der Waals surface area contributed by atoms with E-state index >= 15 is 0 Å². The molecular weight excluding hydrogens is 416 g/mol. The second-order valence-corrected chi connectivity index (χ2v) is 8.06. The number of hydrogen-bond donors (Lipinski definition) is 1. The van der Waals surface area contributed by atoms with Crippen molar-refractivity contribution in [3.05, 3.63) is 36.4 Å². The van der Waals surface area contributed by atoms with Gasteiger partial charge in [-0.15, -0.1) is 11.8 Å². The fourth-order valence-corrected chi connectivity index (χ4v) is 4.42. The number of ether oxygens (including phenoxy) is 4. The van der Waals surface area contributed by atoms with Gasteiger partial charge < -0.3 is 29.2 Å². The Kier molecular flexibility index (Phi) is 8.73. The molecule has 168 valence electrons. The summed E-state index contributed by atoms with van der Waals surface area (Å²) in [4.78, 5) is 15.9. The number of anilines is 1. The molecule has 8 heteroatoms.